The Balaban J connectivity index is 1.93. The minimum absolute atomic E-state index is 0.310. The fraction of sp³-hybridized carbons (Fsp3) is 0.857. The van der Waals surface area contributed by atoms with Crippen molar-refractivity contribution in [2.75, 3.05) is 0 Å². The van der Waals surface area contributed by atoms with Gasteiger partial charge in [-0.2, -0.15) is 0 Å². The van der Waals surface area contributed by atoms with Crippen molar-refractivity contribution in [2.45, 2.75) is 76.8 Å². The van der Waals surface area contributed by atoms with E-state index in [1.54, 1.807) is 0 Å². The van der Waals surface area contributed by atoms with Gasteiger partial charge < -0.3 is 10.3 Å². The van der Waals surface area contributed by atoms with Crippen LogP contribution < -0.4 is 5.73 Å². The van der Waals surface area contributed by atoms with Gasteiger partial charge in [0.2, 0.25) is 0 Å². The van der Waals surface area contributed by atoms with Gasteiger partial charge in [-0.15, -0.1) is 10.2 Å². The Labute approximate surface area is 110 Å². The third kappa shape index (κ3) is 3.31. The first-order valence-corrected chi connectivity index (χ1v) is 7.33. The topological polar surface area (TPSA) is 56.7 Å². The summed E-state index contributed by atoms with van der Waals surface area (Å²) in [5, 5.41) is 8.46. The Bertz CT molecular complexity index is 352. The van der Waals surface area contributed by atoms with E-state index in [2.05, 4.69) is 28.6 Å². The van der Waals surface area contributed by atoms with Gasteiger partial charge in [-0.3, -0.25) is 0 Å². The standard InChI is InChI=1S/C14H26N4/c1-11(6-5-7-12(2)15)14-17-16-10-18(14)13-8-3-4-9-13/h10-13H,3-9,15H2,1-2H3. The van der Waals surface area contributed by atoms with E-state index in [1.807, 2.05) is 6.33 Å². The summed E-state index contributed by atoms with van der Waals surface area (Å²) < 4.78 is 2.32. The van der Waals surface area contributed by atoms with Gasteiger partial charge in [0.15, 0.2) is 0 Å². The van der Waals surface area contributed by atoms with Crippen molar-refractivity contribution < 1.29 is 0 Å². The summed E-state index contributed by atoms with van der Waals surface area (Å²) in [5.41, 5.74) is 5.79. The smallest absolute Gasteiger partial charge is 0.135 e. The number of nitrogens with two attached hydrogens (primary N) is 1. The number of hydrogen-bond acceptors (Lipinski definition) is 3. The highest BCUT2D eigenvalue weighted by Crippen LogP contribution is 2.32. The normalized spacial score (nSPS) is 20.2. The fourth-order valence-electron chi connectivity index (χ4n) is 2.94. The maximum absolute atomic E-state index is 5.79. The van der Waals surface area contributed by atoms with E-state index < -0.39 is 0 Å². The van der Waals surface area contributed by atoms with Crippen molar-refractivity contribution in [3.05, 3.63) is 12.2 Å². The second-order valence-corrected chi connectivity index (χ2v) is 5.84. The molecule has 0 bridgehead atoms. The molecule has 102 valence electrons. The van der Waals surface area contributed by atoms with E-state index in [-0.39, 0.29) is 0 Å². The van der Waals surface area contributed by atoms with Gasteiger partial charge in [0.25, 0.3) is 0 Å². The van der Waals surface area contributed by atoms with Gasteiger partial charge in [-0.1, -0.05) is 26.2 Å². The monoisotopic (exact) mass is 250 g/mol. The minimum Gasteiger partial charge on any atom is -0.328 e. The Hall–Kier alpha value is -0.900. The first-order chi connectivity index (χ1) is 8.68. The lowest BCUT2D eigenvalue weighted by atomic mass is 10.0. The van der Waals surface area contributed by atoms with E-state index in [0.29, 0.717) is 18.0 Å². The molecular weight excluding hydrogens is 224 g/mol. The number of hydrogen-bond donors (Lipinski definition) is 1. The van der Waals surface area contributed by atoms with Crippen LogP contribution in [0.25, 0.3) is 0 Å². The molecule has 1 saturated carbocycles. The van der Waals surface area contributed by atoms with Crippen molar-refractivity contribution in [1.29, 1.82) is 0 Å². The lowest BCUT2D eigenvalue weighted by Gasteiger charge is -2.18. The molecule has 4 nitrogen and oxygen atoms in total. The average Bonchev–Trinajstić information content (AvgIpc) is 2.99. The van der Waals surface area contributed by atoms with Crippen molar-refractivity contribution in [3.63, 3.8) is 0 Å². The van der Waals surface area contributed by atoms with E-state index in [0.717, 1.165) is 12.8 Å². The summed E-state index contributed by atoms with van der Waals surface area (Å²) in [6.07, 6.45) is 10.6. The van der Waals surface area contributed by atoms with Crippen LogP contribution >= 0.6 is 0 Å². The molecule has 1 aromatic heterocycles. The molecule has 2 atom stereocenters. The Kier molecular flexibility index (Phi) is 4.75. The SMILES string of the molecule is CC(N)CCCC(C)c1nncn1C1CCCC1. The zero-order chi connectivity index (χ0) is 13.0. The molecule has 1 aliphatic carbocycles. The van der Waals surface area contributed by atoms with Gasteiger partial charge in [0, 0.05) is 18.0 Å². The zero-order valence-corrected chi connectivity index (χ0v) is 11.7. The van der Waals surface area contributed by atoms with Crippen LogP contribution in [0.4, 0.5) is 0 Å². The molecule has 18 heavy (non-hydrogen) atoms. The first-order valence-electron chi connectivity index (χ1n) is 7.33. The molecule has 2 N–H and O–H groups in total. The summed E-state index contributed by atoms with van der Waals surface area (Å²) in [5.74, 6) is 1.67. The third-order valence-corrected chi connectivity index (χ3v) is 4.06. The van der Waals surface area contributed by atoms with Crippen molar-refractivity contribution in [2.24, 2.45) is 5.73 Å². The van der Waals surface area contributed by atoms with E-state index in [4.69, 9.17) is 5.73 Å². The first kappa shape index (κ1) is 13.5. The summed E-state index contributed by atoms with van der Waals surface area (Å²) >= 11 is 0. The molecule has 0 amide bonds. The fourth-order valence-corrected chi connectivity index (χ4v) is 2.94. The molecule has 0 radical (unpaired) electrons. The molecule has 2 unspecified atom stereocenters. The average molecular weight is 250 g/mol. The molecule has 0 aliphatic heterocycles. The quantitative estimate of drug-likeness (QED) is 0.844. The highest BCUT2D eigenvalue weighted by Gasteiger charge is 2.22. The van der Waals surface area contributed by atoms with E-state index in [1.165, 1.54) is 37.9 Å². The van der Waals surface area contributed by atoms with Crippen LogP contribution in [0.2, 0.25) is 0 Å². The Morgan fingerprint density at radius 1 is 1.33 bits per heavy atom. The van der Waals surface area contributed by atoms with Crippen LogP contribution in [0.1, 0.15) is 76.6 Å². The molecular formula is C14H26N4. The maximum atomic E-state index is 5.79. The highest BCUT2D eigenvalue weighted by atomic mass is 15.3. The van der Waals surface area contributed by atoms with Gasteiger partial charge in [-0.05, 0) is 32.6 Å². The summed E-state index contributed by atoms with van der Waals surface area (Å²) in [6, 6.07) is 0.954. The second kappa shape index (κ2) is 6.32. The van der Waals surface area contributed by atoms with Crippen molar-refractivity contribution in [3.8, 4) is 0 Å². The van der Waals surface area contributed by atoms with Crippen molar-refractivity contribution in [1.82, 2.24) is 14.8 Å². The highest BCUT2D eigenvalue weighted by molar-refractivity contribution is 4.97. The maximum Gasteiger partial charge on any atom is 0.135 e. The van der Waals surface area contributed by atoms with Crippen LogP contribution in [0.15, 0.2) is 6.33 Å². The van der Waals surface area contributed by atoms with Crippen LogP contribution in [0.3, 0.4) is 0 Å². The van der Waals surface area contributed by atoms with Crippen LogP contribution in [0.5, 0.6) is 0 Å². The minimum atomic E-state index is 0.310. The Morgan fingerprint density at radius 2 is 2.06 bits per heavy atom. The summed E-state index contributed by atoms with van der Waals surface area (Å²) in [6.45, 7) is 4.34. The third-order valence-electron chi connectivity index (χ3n) is 4.06. The lowest BCUT2D eigenvalue weighted by molar-refractivity contribution is 0.462. The van der Waals surface area contributed by atoms with Crippen LogP contribution in [-0.4, -0.2) is 20.8 Å². The number of rotatable bonds is 6. The number of nitrogens with zero attached hydrogens (tertiary/aromatic N) is 3. The van der Waals surface area contributed by atoms with Crippen molar-refractivity contribution >= 4 is 0 Å². The van der Waals surface area contributed by atoms with Gasteiger partial charge in [-0.25, -0.2) is 0 Å². The summed E-state index contributed by atoms with van der Waals surface area (Å²) in [7, 11) is 0. The molecule has 0 spiro atoms. The van der Waals surface area contributed by atoms with Gasteiger partial charge >= 0.3 is 0 Å². The van der Waals surface area contributed by atoms with Gasteiger partial charge in [0.1, 0.15) is 12.2 Å². The molecule has 4 heteroatoms. The van der Waals surface area contributed by atoms with E-state index in [9.17, 15) is 0 Å². The van der Waals surface area contributed by atoms with Crippen LogP contribution in [0, 0.1) is 0 Å². The molecule has 1 aliphatic rings. The van der Waals surface area contributed by atoms with Gasteiger partial charge in [0.05, 0.1) is 0 Å². The van der Waals surface area contributed by atoms with Crippen LogP contribution in [-0.2, 0) is 0 Å². The molecule has 0 saturated heterocycles. The predicted octanol–water partition coefficient (Wildman–Crippen LogP) is 3.01. The Morgan fingerprint density at radius 3 is 2.72 bits per heavy atom. The lowest BCUT2D eigenvalue weighted by Crippen LogP contribution is -2.15. The zero-order valence-electron chi connectivity index (χ0n) is 11.7. The predicted molar refractivity (Wildman–Crippen MR) is 73.4 cm³/mol. The molecule has 1 aromatic rings. The molecule has 2 rings (SSSR count). The largest absolute Gasteiger partial charge is 0.328 e. The van der Waals surface area contributed by atoms with E-state index >= 15 is 0 Å². The second-order valence-electron chi connectivity index (χ2n) is 5.84. The number of aromatic nitrogens is 3. The molecule has 1 fully saturated rings. The summed E-state index contributed by atoms with van der Waals surface area (Å²) in [4.78, 5) is 0. The molecule has 1 heterocycles. The molecule has 0 aromatic carbocycles.